The molecule has 1 saturated heterocycles. The number of hydrogen-bond donors (Lipinski definition) is 0. The van der Waals surface area contributed by atoms with E-state index in [4.69, 9.17) is 0 Å². The Balaban J connectivity index is 1.39. The van der Waals surface area contributed by atoms with E-state index >= 15 is 0 Å². The summed E-state index contributed by atoms with van der Waals surface area (Å²) in [6.45, 7) is 7.28. The van der Waals surface area contributed by atoms with Crippen molar-refractivity contribution in [3.63, 3.8) is 0 Å². The van der Waals surface area contributed by atoms with Crippen molar-refractivity contribution in [3.05, 3.63) is 88.7 Å². The summed E-state index contributed by atoms with van der Waals surface area (Å²) in [5.74, 6) is 0.221. The van der Waals surface area contributed by atoms with Gasteiger partial charge in [-0.2, -0.15) is 0 Å². The zero-order valence-corrected chi connectivity index (χ0v) is 20.5. The Labute approximate surface area is 201 Å². The zero-order valence-electron chi connectivity index (χ0n) is 19.7. The van der Waals surface area contributed by atoms with Crippen LogP contribution in [0.1, 0.15) is 40.5 Å². The Kier molecular flexibility index (Phi) is 7.78. The first-order valence-corrected chi connectivity index (χ1v) is 12.8. The Morgan fingerprint density at radius 2 is 1.39 bits per heavy atom. The summed E-state index contributed by atoms with van der Waals surface area (Å²) in [5.41, 5.74) is 5.66. The fraction of sp³-hybridized carbons (Fsp3) is 0.370. The van der Waals surface area contributed by atoms with Gasteiger partial charge in [0.15, 0.2) is 5.16 Å². The van der Waals surface area contributed by atoms with E-state index in [0.29, 0.717) is 12.8 Å². The number of thioether (sulfide) groups is 1. The molecular formula is C27H32N4OS. The highest BCUT2D eigenvalue weighted by Crippen LogP contribution is 2.29. The molecule has 1 fully saturated rings. The number of carbonyl (C=O) groups excluding carboxylic acids is 1. The fourth-order valence-electron chi connectivity index (χ4n) is 4.67. The van der Waals surface area contributed by atoms with E-state index in [1.54, 1.807) is 11.8 Å². The highest BCUT2D eigenvalue weighted by molar-refractivity contribution is 7.98. The number of rotatable bonds is 7. The summed E-state index contributed by atoms with van der Waals surface area (Å²) in [6, 6.07) is 21.5. The van der Waals surface area contributed by atoms with Gasteiger partial charge in [-0.25, -0.2) is 9.97 Å². The molecule has 2 aromatic carbocycles. The number of benzene rings is 2. The Bertz CT molecular complexity index is 1000. The van der Waals surface area contributed by atoms with Crippen LogP contribution in [0.3, 0.4) is 0 Å². The largest absolute Gasteiger partial charge is 0.340 e. The van der Waals surface area contributed by atoms with Crippen molar-refractivity contribution < 1.29 is 4.79 Å². The summed E-state index contributed by atoms with van der Waals surface area (Å²) in [7, 11) is 0. The van der Waals surface area contributed by atoms with Crippen molar-refractivity contribution in [3.8, 4) is 0 Å². The van der Waals surface area contributed by atoms with E-state index in [1.165, 1.54) is 11.1 Å². The maximum absolute atomic E-state index is 13.0. The lowest BCUT2D eigenvalue weighted by Gasteiger charge is -2.40. The van der Waals surface area contributed by atoms with Gasteiger partial charge < -0.3 is 4.90 Å². The number of carbonyl (C=O) groups is 1. The lowest BCUT2D eigenvalue weighted by molar-refractivity contribution is -0.133. The third-order valence-electron chi connectivity index (χ3n) is 6.43. The highest BCUT2D eigenvalue weighted by atomic mass is 32.2. The molecule has 0 aliphatic carbocycles. The van der Waals surface area contributed by atoms with Crippen LogP contribution in [0, 0.1) is 13.8 Å². The second kappa shape index (κ2) is 10.9. The molecule has 0 N–H and O–H groups in total. The fourth-order valence-corrected chi connectivity index (χ4v) is 5.12. The van der Waals surface area contributed by atoms with Crippen LogP contribution in [0.5, 0.6) is 0 Å². The minimum Gasteiger partial charge on any atom is -0.340 e. The minimum absolute atomic E-state index is 0.210. The zero-order chi connectivity index (χ0) is 23.2. The van der Waals surface area contributed by atoms with Gasteiger partial charge in [0.25, 0.3) is 0 Å². The molecule has 172 valence electrons. The quantitative estimate of drug-likeness (QED) is 0.378. The maximum atomic E-state index is 13.0. The SMILES string of the molecule is CSc1nc(C)c(CCC(=O)N2CCN(C(c3ccccc3)c3ccccc3)CC2)c(C)n1. The third kappa shape index (κ3) is 5.63. The van der Waals surface area contributed by atoms with Crippen LogP contribution in [0.25, 0.3) is 0 Å². The van der Waals surface area contributed by atoms with Gasteiger partial charge in [0, 0.05) is 44.0 Å². The van der Waals surface area contributed by atoms with Crippen molar-refractivity contribution in [2.24, 2.45) is 0 Å². The maximum Gasteiger partial charge on any atom is 0.222 e. The van der Waals surface area contributed by atoms with Gasteiger partial charge in [-0.3, -0.25) is 9.69 Å². The molecule has 5 nitrogen and oxygen atoms in total. The smallest absolute Gasteiger partial charge is 0.222 e. The van der Waals surface area contributed by atoms with E-state index in [9.17, 15) is 4.79 Å². The molecule has 1 amide bonds. The molecule has 33 heavy (non-hydrogen) atoms. The van der Waals surface area contributed by atoms with E-state index in [2.05, 4.69) is 75.5 Å². The van der Waals surface area contributed by atoms with Crippen molar-refractivity contribution in [1.29, 1.82) is 0 Å². The molecule has 2 heterocycles. The molecule has 3 aromatic rings. The van der Waals surface area contributed by atoms with Gasteiger partial charge in [-0.1, -0.05) is 72.4 Å². The van der Waals surface area contributed by atoms with Gasteiger partial charge in [0.2, 0.25) is 5.91 Å². The summed E-state index contributed by atoms with van der Waals surface area (Å²) in [5, 5.41) is 0.794. The first kappa shape index (κ1) is 23.5. The highest BCUT2D eigenvalue weighted by Gasteiger charge is 2.28. The van der Waals surface area contributed by atoms with Gasteiger partial charge >= 0.3 is 0 Å². The Morgan fingerprint density at radius 1 is 0.879 bits per heavy atom. The molecule has 0 spiro atoms. The number of aromatic nitrogens is 2. The van der Waals surface area contributed by atoms with Crippen LogP contribution in [0.2, 0.25) is 0 Å². The van der Waals surface area contributed by atoms with Crippen LogP contribution < -0.4 is 0 Å². The van der Waals surface area contributed by atoms with Crippen molar-refractivity contribution in [2.45, 2.75) is 37.9 Å². The predicted molar refractivity (Wildman–Crippen MR) is 134 cm³/mol. The topological polar surface area (TPSA) is 49.3 Å². The minimum atomic E-state index is 0.210. The summed E-state index contributed by atoms with van der Waals surface area (Å²) in [6.07, 6.45) is 3.18. The first-order valence-electron chi connectivity index (χ1n) is 11.6. The Hall–Kier alpha value is -2.70. The predicted octanol–water partition coefficient (Wildman–Crippen LogP) is 4.68. The van der Waals surface area contributed by atoms with E-state index in [0.717, 1.165) is 48.3 Å². The molecule has 0 saturated carbocycles. The standard InChI is InChI=1S/C27H32N4OS/c1-20-24(21(2)29-27(28-20)33-3)14-15-25(32)30-16-18-31(19-17-30)26(22-10-6-4-7-11-22)23-12-8-5-9-13-23/h4-13,26H,14-19H2,1-3H3. The van der Waals surface area contributed by atoms with E-state index in [1.807, 2.05) is 25.0 Å². The summed E-state index contributed by atoms with van der Waals surface area (Å²) >= 11 is 1.55. The number of piperazine rings is 1. The van der Waals surface area contributed by atoms with E-state index in [-0.39, 0.29) is 11.9 Å². The van der Waals surface area contributed by atoms with Gasteiger partial charge in [-0.15, -0.1) is 0 Å². The molecule has 1 aliphatic heterocycles. The van der Waals surface area contributed by atoms with Gasteiger partial charge in [-0.05, 0) is 43.2 Å². The molecule has 1 aromatic heterocycles. The third-order valence-corrected chi connectivity index (χ3v) is 6.98. The van der Waals surface area contributed by atoms with Gasteiger partial charge in [0.05, 0.1) is 6.04 Å². The molecule has 1 aliphatic rings. The monoisotopic (exact) mass is 460 g/mol. The van der Waals surface area contributed by atoms with E-state index < -0.39 is 0 Å². The van der Waals surface area contributed by atoms with Crippen LogP contribution in [0.4, 0.5) is 0 Å². The molecule has 0 radical (unpaired) electrons. The van der Waals surface area contributed by atoms with Crippen molar-refractivity contribution in [1.82, 2.24) is 19.8 Å². The van der Waals surface area contributed by atoms with Crippen molar-refractivity contribution in [2.75, 3.05) is 32.4 Å². The summed E-state index contributed by atoms with van der Waals surface area (Å²) in [4.78, 5) is 26.6. The lowest BCUT2D eigenvalue weighted by atomic mass is 9.96. The van der Waals surface area contributed by atoms with Crippen LogP contribution in [0.15, 0.2) is 65.8 Å². The normalized spacial score (nSPS) is 14.6. The molecule has 6 heteroatoms. The molecule has 0 unspecified atom stereocenters. The molecule has 4 rings (SSSR count). The average molecular weight is 461 g/mol. The number of amides is 1. The molecular weight excluding hydrogens is 428 g/mol. The Morgan fingerprint density at radius 3 is 1.88 bits per heavy atom. The second-order valence-electron chi connectivity index (χ2n) is 8.50. The molecule has 0 bridgehead atoms. The number of hydrogen-bond acceptors (Lipinski definition) is 5. The number of nitrogens with zero attached hydrogens (tertiary/aromatic N) is 4. The van der Waals surface area contributed by atoms with Gasteiger partial charge in [0.1, 0.15) is 0 Å². The van der Waals surface area contributed by atoms with Crippen LogP contribution in [-0.4, -0.2) is 58.1 Å². The average Bonchev–Trinajstić information content (AvgIpc) is 2.85. The van der Waals surface area contributed by atoms with Crippen molar-refractivity contribution >= 4 is 17.7 Å². The second-order valence-corrected chi connectivity index (χ2v) is 9.27. The lowest BCUT2D eigenvalue weighted by Crippen LogP contribution is -2.49. The number of aryl methyl sites for hydroxylation is 2. The van der Waals surface area contributed by atoms with Crippen LogP contribution >= 0.6 is 11.8 Å². The first-order chi connectivity index (χ1) is 16.1. The molecule has 0 atom stereocenters. The summed E-state index contributed by atoms with van der Waals surface area (Å²) < 4.78 is 0. The van der Waals surface area contributed by atoms with Crippen LogP contribution in [-0.2, 0) is 11.2 Å².